The Labute approximate surface area is 179 Å². The van der Waals surface area contributed by atoms with Gasteiger partial charge in [0.1, 0.15) is 0 Å². The van der Waals surface area contributed by atoms with E-state index in [-0.39, 0.29) is 11.9 Å². The Morgan fingerprint density at radius 3 is 2.70 bits per heavy atom. The predicted molar refractivity (Wildman–Crippen MR) is 120 cm³/mol. The van der Waals surface area contributed by atoms with Crippen LogP contribution in [0.4, 0.5) is 5.69 Å². The fraction of sp³-hybridized carbons (Fsp3) is 0.217. The van der Waals surface area contributed by atoms with Gasteiger partial charge >= 0.3 is 0 Å². The zero-order valence-electron chi connectivity index (χ0n) is 17.2. The molecular formula is C23H21N5OS. The number of rotatable bonds is 4. The molecule has 0 bridgehead atoms. The molecule has 0 aliphatic carbocycles. The Bertz CT molecular complexity index is 1290. The lowest BCUT2D eigenvalue weighted by Gasteiger charge is -2.18. The van der Waals surface area contributed by atoms with Crippen LogP contribution >= 0.6 is 11.3 Å². The van der Waals surface area contributed by atoms with Gasteiger partial charge in [-0.05, 0) is 57.2 Å². The maximum Gasteiger partial charge on any atom is 0.258 e. The van der Waals surface area contributed by atoms with Gasteiger partial charge in [-0.15, -0.1) is 11.3 Å². The number of carbonyl (C=O) groups excluding carboxylic acids is 1. The van der Waals surface area contributed by atoms with E-state index in [9.17, 15) is 10.1 Å². The number of nitrogens with zero attached hydrogens (tertiary/aromatic N) is 5. The number of pyridine rings is 1. The van der Waals surface area contributed by atoms with Gasteiger partial charge in [0, 0.05) is 23.7 Å². The number of fused-ring (bicyclic) bond motifs is 1. The smallest absolute Gasteiger partial charge is 0.258 e. The third kappa shape index (κ3) is 3.46. The lowest BCUT2D eigenvalue weighted by molar-refractivity contribution is 0.0994. The molecule has 7 heteroatoms. The Morgan fingerprint density at radius 1 is 1.23 bits per heavy atom. The van der Waals surface area contributed by atoms with E-state index in [2.05, 4.69) is 11.2 Å². The quantitative estimate of drug-likeness (QED) is 0.459. The van der Waals surface area contributed by atoms with Crippen LogP contribution in [0.25, 0.3) is 21.6 Å². The van der Waals surface area contributed by atoms with Crippen molar-refractivity contribution in [3.8, 4) is 16.6 Å². The van der Waals surface area contributed by atoms with Crippen LogP contribution in [0.2, 0.25) is 0 Å². The molecule has 4 aromatic rings. The van der Waals surface area contributed by atoms with Crippen LogP contribution in [0.5, 0.6) is 0 Å². The molecule has 3 heterocycles. The summed E-state index contributed by atoms with van der Waals surface area (Å²) in [5.41, 5.74) is 3.16. The van der Waals surface area contributed by atoms with Gasteiger partial charge < -0.3 is 4.90 Å². The lowest BCUT2D eigenvalue weighted by Crippen LogP contribution is -2.26. The highest BCUT2D eigenvalue weighted by molar-refractivity contribution is 7.15. The summed E-state index contributed by atoms with van der Waals surface area (Å²) in [6.45, 7) is 6.13. The molecule has 3 aromatic heterocycles. The minimum atomic E-state index is -0.171. The molecule has 0 aliphatic heterocycles. The van der Waals surface area contributed by atoms with Gasteiger partial charge in [-0.1, -0.05) is 6.07 Å². The number of amides is 1. The predicted octanol–water partition coefficient (Wildman–Crippen LogP) is 5.20. The summed E-state index contributed by atoms with van der Waals surface area (Å²) < 4.78 is 1.84. The van der Waals surface area contributed by atoms with Gasteiger partial charge in [-0.2, -0.15) is 10.4 Å². The third-order valence-electron chi connectivity index (χ3n) is 4.95. The van der Waals surface area contributed by atoms with E-state index in [1.165, 1.54) is 4.88 Å². The second kappa shape index (κ2) is 7.73. The number of aryl methyl sites for hydroxylation is 1. The molecule has 30 heavy (non-hydrogen) atoms. The summed E-state index contributed by atoms with van der Waals surface area (Å²) >= 11 is 1.64. The average molecular weight is 416 g/mol. The molecule has 0 radical (unpaired) electrons. The molecule has 0 saturated heterocycles. The number of nitriles is 1. The average Bonchev–Trinajstić information content (AvgIpc) is 3.38. The standard InChI is InChI=1S/C23H21N5OS/c1-14(2)28-22-19(13-25-28)18(11-20(26-22)21-9-8-15(3)30-21)23(29)27(4)17-7-5-6-16(10-17)12-24/h5-11,13-14H,1-4H3. The number of thiophene rings is 1. The molecule has 0 N–H and O–H groups in total. The normalized spacial score (nSPS) is 11.1. The zero-order chi connectivity index (χ0) is 21.4. The number of hydrogen-bond donors (Lipinski definition) is 0. The monoisotopic (exact) mass is 415 g/mol. The van der Waals surface area contributed by atoms with Crippen molar-refractivity contribution in [2.45, 2.75) is 26.8 Å². The largest absolute Gasteiger partial charge is 0.311 e. The van der Waals surface area contributed by atoms with Crippen molar-refractivity contribution in [2.24, 2.45) is 0 Å². The maximum absolute atomic E-state index is 13.5. The molecule has 6 nitrogen and oxygen atoms in total. The maximum atomic E-state index is 13.5. The van der Waals surface area contributed by atoms with Crippen molar-refractivity contribution in [3.05, 3.63) is 64.7 Å². The highest BCUT2D eigenvalue weighted by Gasteiger charge is 2.22. The molecule has 1 aromatic carbocycles. The minimum absolute atomic E-state index is 0.114. The molecule has 0 fully saturated rings. The highest BCUT2D eigenvalue weighted by Crippen LogP contribution is 2.31. The molecule has 0 aliphatic rings. The summed E-state index contributed by atoms with van der Waals surface area (Å²) in [6.07, 6.45) is 1.71. The van der Waals surface area contributed by atoms with Gasteiger partial charge in [0.05, 0.1) is 39.4 Å². The van der Waals surface area contributed by atoms with E-state index in [1.54, 1.807) is 47.7 Å². The summed E-state index contributed by atoms with van der Waals surface area (Å²) in [5, 5.41) is 14.4. The Morgan fingerprint density at radius 2 is 2.03 bits per heavy atom. The van der Waals surface area contributed by atoms with Crippen molar-refractivity contribution < 1.29 is 4.79 Å². The molecule has 0 atom stereocenters. The topological polar surface area (TPSA) is 74.8 Å². The molecule has 0 unspecified atom stereocenters. The van der Waals surface area contributed by atoms with E-state index in [1.807, 2.05) is 49.7 Å². The Balaban J connectivity index is 1.88. The van der Waals surface area contributed by atoms with E-state index >= 15 is 0 Å². The van der Waals surface area contributed by atoms with Crippen LogP contribution in [-0.4, -0.2) is 27.7 Å². The molecule has 0 saturated carbocycles. The number of benzene rings is 1. The van der Waals surface area contributed by atoms with E-state index in [0.717, 1.165) is 10.6 Å². The van der Waals surface area contributed by atoms with Crippen molar-refractivity contribution in [2.75, 3.05) is 11.9 Å². The van der Waals surface area contributed by atoms with Gasteiger partial charge in [0.2, 0.25) is 0 Å². The summed E-state index contributed by atoms with van der Waals surface area (Å²) in [4.78, 5) is 22.1. The van der Waals surface area contributed by atoms with Crippen LogP contribution in [0.1, 0.15) is 40.7 Å². The molecule has 4 rings (SSSR count). The first kappa shape index (κ1) is 19.8. The first-order chi connectivity index (χ1) is 14.4. The van der Waals surface area contributed by atoms with Crippen LogP contribution in [0, 0.1) is 18.3 Å². The minimum Gasteiger partial charge on any atom is -0.311 e. The number of carbonyl (C=O) groups is 1. The van der Waals surface area contributed by atoms with Gasteiger partial charge in [-0.25, -0.2) is 9.67 Å². The van der Waals surface area contributed by atoms with Gasteiger partial charge in [0.25, 0.3) is 5.91 Å². The second-order valence-electron chi connectivity index (χ2n) is 7.41. The van der Waals surface area contributed by atoms with E-state index in [0.29, 0.717) is 27.8 Å². The first-order valence-corrected chi connectivity index (χ1v) is 10.4. The Hall–Kier alpha value is -3.50. The summed E-state index contributed by atoms with van der Waals surface area (Å²) in [6, 6.07) is 15.2. The van der Waals surface area contributed by atoms with Crippen molar-refractivity contribution in [1.82, 2.24) is 14.8 Å². The first-order valence-electron chi connectivity index (χ1n) is 9.62. The van der Waals surface area contributed by atoms with Crippen molar-refractivity contribution in [1.29, 1.82) is 5.26 Å². The number of anilines is 1. The van der Waals surface area contributed by atoms with Crippen LogP contribution in [0.3, 0.4) is 0 Å². The molecule has 0 spiro atoms. The van der Waals surface area contributed by atoms with E-state index < -0.39 is 0 Å². The van der Waals surface area contributed by atoms with Crippen molar-refractivity contribution >= 4 is 34.0 Å². The van der Waals surface area contributed by atoms with Gasteiger partial charge in [0.15, 0.2) is 5.65 Å². The van der Waals surface area contributed by atoms with Crippen LogP contribution in [0.15, 0.2) is 48.7 Å². The van der Waals surface area contributed by atoms with E-state index in [4.69, 9.17) is 4.98 Å². The molecule has 150 valence electrons. The van der Waals surface area contributed by atoms with Crippen LogP contribution in [-0.2, 0) is 0 Å². The molecule has 1 amide bonds. The fourth-order valence-corrected chi connectivity index (χ4v) is 4.18. The zero-order valence-corrected chi connectivity index (χ0v) is 18.1. The Kier molecular flexibility index (Phi) is 5.10. The van der Waals surface area contributed by atoms with Crippen LogP contribution < -0.4 is 4.90 Å². The summed E-state index contributed by atoms with van der Waals surface area (Å²) in [5.74, 6) is -0.171. The number of hydrogen-bond acceptors (Lipinski definition) is 5. The third-order valence-corrected chi connectivity index (χ3v) is 5.97. The lowest BCUT2D eigenvalue weighted by atomic mass is 10.1. The summed E-state index contributed by atoms with van der Waals surface area (Å²) in [7, 11) is 1.72. The second-order valence-corrected chi connectivity index (χ2v) is 8.70. The van der Waals surface area contributed by atoms with Gasteiger partial charge in [-0.3, -0.25) is 4.79 Å². The fourth-order valence-electron chi connectivity index (χ4n) is 3.35. The SMILES string of the molecule is Cc1ccc(-c2cc(C(=O)N(C)c3cccc(C#N)c3)c3cnn(C(C)C)c3n2)s1. The van der Waals surface area contributed by atoms with Crippen molar-refractivity contribution in [3.63, 3.8) is 0 Å². The highest BCUT2D eigenvalue weighted by atomic mass is 32.1. The number of aromatic nitrogens is 3. The molecular weight excluding hydrogens is 394 g/mol.